The maximum atomic E-state index is 5.70. The molecule has 0 spiro atoms. The van der Waals surface area contributed by atoms with E-state index in [2.05, 4.69) is 9.97 Å². The van der Waals surface area contributed by atoms with Crippen LogP contribution in [-0.4, -0.2) is 17.1 Å². The van der Waals surface area contributed by atoms with Crippen molar-refractivity contribution >= 4 is 0 Å². The molecule has 0 fully saturated rings. The first-order chi connectivity index (χ1) is 7.86. The molecular formula is C12H13N3O. The van der Waals surface area contributed by atoms with Crippen LogP contribution in [0.1, 0.15) is 5.56 Å². The molecule has 4 heteroatoms. The molecule has 2 N–H and O–H groups in total. The fourth-order valence-electron chi connectivity index (χ4n) is 1.60. The maximum Gasteiger partial charge on any atom is 0.221 e. The summed E-state index contributed by atoms with van der Waals surface area (Å²) in [7, 11) is 1.58. The minimum atomic E-state index is 0.355. The van der Waals surface area contributed by atoms with Crippen molar-refractivity contribution in [3.63, 3.8) is 0 Å². The SMILES string of the molecule is COc1ncnc(-c2ccccc2)c1CN. The standard InChI is InChI=1S/C12H13N3O/c1-16-12-10(7-13)11(14-8-15-12)9-5-3-2-4-6-9/h2-6,8H,7,13H2,1H3. The van der Waals surface area contributed by atoms with Gasteiger partial charge in [0.05, 0.1) is 18.4 Å². The highest BCUT2D eigenvalue weighted by molar-refractivity contribution is 5.64. The van der Waals surface area contributed by atoms with Gasteiger partial charge in [0.1, 0.15) is 6.33 Å². The van der Waals surface area contributed by atoms with Crippen molar-refractivity contribution < 1.29 is 4.74 Å². The first-order valence-corrected chi connectivity index (χ1v) is 5.00. The van der Waals surface area contributed by atoms with Crippen LogP contribution >= 0.6 is 0 Å². The minimum Gasteiger partial charge on any atom is -0.481 e. The Morgan fingerprint density at radius 3 is 2.56 bits per heavy atom. The fraction of sp³-hybridized carbons (Fsp3) is 0.167. The zero-order valence-electron chi connectivity index (χ0n) is 9.05. The smallest absolute Gasteiger partial charge is 0.221 e. The number of nitrogens with two attached hydrogens (primary N) is 1. The zero-order chi connectivity index (χ0) is 11.4. The Balaban J connectivity index is 2.57. The number of aromatic nitrogens is 2. The number of nitrogens with zero attached hydrogens (tertiary/aromatic N) is 2. The second-order valence-electron chi connectivity index (χ2n) is 3.28. The van der Waals surface area contributed by atoms with Gasteiger partial charge in [-0.15, -0.1) is 0 Å². The summed E-state index contributed by atoms with van der Waals surface area (Å²) in [6.07, 6.45) is 1.49. The van der Waals surface area contributed by atoms with Gasteiger partial charge in [-0.1, -0.05) is 30.3 Å². The van der Waals surface area contributed by atoms with E-state index in [0.717, 1.165) is 16.8 Å². The van der Waals surface area contributed by atoms with E-state index in [1.807, 2.05) is 30.3 Å². The Bertz CT molecular complexity index is 471. The van der Waals surface area contributed by atoms with Gasteiger partial charge < -0.3 is 10.5 Å². The van der Waals surface area contributed by atoms with Crippen LogP contribution < -0.4 is 10.5 Å². The molecule has 2 rings (SSSR count). The lowest BCUT2D eigenvalue weighted by Crippen LogP contribution is -2.05. The molecule has 16 heavy (non-hydrogen) atoms. The third-order valence-corrected chi connectivity index (χ3v) is 2.35. The molecule has 2 aromatic rings. The molecule has 0 saturated heterocycles. The van der Waals surface area contributed by atoms with Crippen LogP contribution in [-0.2, 0) is 6.54 Å². The highest BCUT2D eigenvalue weighted by Crippen LogP contribution is 2.25. The zero-order valence-corrected chi connectivity index (χ0v) is 9.05. The van der Waals surface area contributed by atoms with E-state index in [9.17, 15) is 0 Å². The first kappa shape index (κ1) is 10.6. The first-order valence-electron chi connectivity index (χ1n) is 5.00. The van der Waals surface area contributed by atoms with Gasteiger partial charge in [-0.2, -0.15) is 0 Å². The van der Waals surface area contributed by atoms with Gasteiger partial charge in [0.15, 0.2) is 0 Å². The van der Waals surface area contributed by atoms with Crippen LogP contribution in [0.3, 0.4) is 0 Å². The lowest BCUT2D eigenvalue weighted by molar-refractivity contribution is 0.392. The molecule has 1 aromatic carbocycles. The van der Waals surface area contributed by atoms with Gasteiger partial charge >= 0.3 is 0 Å². The van der Waals surface area contributed by atoms with Crippen molar-refractivity contribution in [3.05, 3.63) is 42.2 Å². The van der Waals surface area contributed by atoms with Crippen LogP contribution in [0.15, 0.2) is 36.7 Å². The van der Waals surface area contributed by atoms with Crippen LogP contribution in [0, 0.1) is 0 Å². The number of hydrogen-bond acceptors (Lipinski definition) is 4. The molecule has 0 amide bonds. The number of hydrogen-bond donors (Lipinski definition) is 1. The topological polar surface area (TPSA) is 61.0 Å². The predicted octanol–water partition coefficient (Wildman–Crippen LogP) is 1.61. The van der Waals surface area contributed by atoms with E-state index in [-0.39, 0.29) is 0 Å². The van der Waals surface area contributed by atoms with Crippen LogP contribution in [0.4, 0.5) is 0 Å². The van der Waals surface area contributed by atoms with Gasteiger partial charge in [0.2, 0.25) is 5.88 Å². The third-order valence-electron chi connectivity index (χ3n) is 2.35. The second-order valence-corrected chi connectivity index (χ2v) is 3.28. The van der Waals surface area contributed by atoms with Gasteiger partial charge in [-0.25, -0.2) is 9.97 Å². The summed E-state index contributed by atoms with van der Waals surface area (Å²) in [5.41, 5.74) is 8.38. The van der Waals surface area contributed by atoms with Crippen LogP contribution in [0.2, 0.25) is 0 Å². The number of benzene rings is 1. The average molecular weight is 215 g/mol. The van der Waals surface area contributed by atoms with Crippen LogP contribution in [0.5, 0.6) is 5.88 Å². The Labute approximate surface area is 94.1 Å². The molecule has 1 aromatic heterocycles. The number of ether oxygens (including phenoxy) is 1. The van der Waals surface area contributed by atoms with Crippen molar-refractivity contribution in [1.29, 1.82) is 0 Å². The second kappa shape index (κ2) is 4.72. The van der Waals surface area contributed by atoms with E-state index < -0.39 is 0 Å². The van der Waals surface area contributed by atoms with Crippen molar-refractivity contribution in [2.45, 2.75) is 6.54 Å². The van der Waals surface area contributed by atoms with Gasteiger partial charge in [-0.05, 0) is 0 Å². The van der Waals surface area contributed by atoms with E-state index in [4.69, 9.17) is 10.5 Å². The Hall–Kier alpha value is -1.94. The molecule has 0 unspecified atom stereocenters. The summed E-state index contributed by atoms with van der Waals surface area (Å²) < 4.78 is 5.17. The molecule has 4 nitrogen and oxygen atoms in total. The predicted molar refractivity (Wildman–Crippen MR) is 61.9 cm³/mol. The van der Waals surface area contributed by atoms with Crippen molar-refractivity contribution in [1.82, 2.24) is 9.97 Å². The summed E-state index contributed by atoms with van der Waals surface area (Å²) >= 11 is 0. The van der Waals surface area contributed by atoms with Gasteiger partial charge in [0, 0.05) is 12.1 Å². The largest absolute Gasteiger partial charge is 0.481 e. The lowest BCUT2D eigenvalue weighted by atomic mass is 10.1. The molecule has 0 bridgehead atoms. The Morgan fingerprint density at radius 1 is 1.19 bits per heavy atom. The monoisotopic (exact) mass is 215 g/mol. The third kappa shape index (κ3) is 1.87. The van der Waals surface area contributed by atoms with Crippen LogP contribution in [0.25, 0.3) is 11.3 Å². The van der Waals surface area contributed by atoms with E-state index >= 15 is 0 Å². The fourth-order valence-corrected chi connectivity index (χ4v) is 1.60. The minimum absolute atomic E-state index is 0.355. The molecule has 0 aliphatic heterocycles. The van der Waals surface area contributed by atoms with E-state index in [1.54, 1.807) is 7.11 Å². The quantitative estimate of drug-likeness (QED) is 0.845. The van der Waals surface area contributed by atoms with E-state index in [1.165, 1.54) is 6.33 Å². The molecule has 0 aliphatic carbocycles. The Kier molecular flexibility index (Phi) is 3.12. The molecule has 0 radical (unpaired) electrons. The highest BCUT2D eigenvalue weighted by atomic mass is 16.5. The number of rotatable bonds is 3. The highest BCUT2D eigenvalue weighted by Gasteiger charge is 2.11. The van der Waals surface area contributed by atoms with Gasteiger partial charge in [0.25, 0.3) is 0 Å². The molecule has 0 saturated carbocycles. The normalized spacial score (nSPS) is 10.1. The molecular weight excluding hydrogens is 202 g/mol. The molecule has 0 atom stereocenters. The van der Waals surface area contributed by atoms with Crippen molar-refractivity contribution in [3.8, 4) is 17.1 Å². The van der Waals surface area contributed by atoms with E-state index in [0.29, 0.717) is 12.4 Å². The average Bonchev–Trinajstić information content (AvgIpc) is 2.38. The van der Waals surface area contributed by atoms with Gasteiger partial charge in [-0.3, -0.25) is 0 Å². The summed E-state index contributed by atoms with van der Waals surface area (Å²) in [6.45, 7) is 0.355. The van der Waals surface area contributed by atoms with Crippen molar-refractivity contribution in [2.24, 2.45) is 5.73 Å². The molecule has 82 valence electrons. The molecule has 0 aliphatic rings. The summed E-state index contributed by atoms with van der Waals surface area (Å²) in [5, 5.41) is 0. The number of methoxy groups -OCH3 is 1. The van der Waals surface area contributed by atoms with Crippen molar-refractivity contribution in [2.75, 3.05) is 7.11 Å². The summed E-state index contributed by atoms with van der Waals surface area (Å²) in [6, 6.07) is 9.86. The summed E-state index contributed by atoms with van der Waals surface area (Å²) in [5.74, 6) is 0.538. The lowest BCUT2D eigenvalue weighted by Gasteiger charge is -2.09. The molecule has 1 heterocycles. The maximum absolute atomic E-state index is 5.70. The Morgan fingerprint density at radius 2 is 1.94 bits per heavy atom. The summed E-state index contributed by atoms with van der Waals surface area (Å²) in [4.78, 5) is 8.30.